The number of hydrogen-bond acceptors (Lipinski definition) is 3. The van der Waals surface area contributed by atoms with Crippen LogP contribution in [0.3, 0.4) is 0 Å². The SMILES string of the molecule is CCOC(F)(C(F)(F)C(F)(F)OC(F)(F)C(=O)O)C(F)(F)C(F)(F)C(F)(F)F. The van der Waals surface area contributed by atoms with Gasteiger partial charge in [-0.2, -0.15) is 61.5 Å². The third-order valence-corrected chi connectivity index (χ3v) is 2.77. The molecule has 0 aromatic rings. The highest BCUT2D eigenvalue weighted by molar-refractivity contribution is 5.73. The van der Waals surface area contributed by atoms with Gasteiger partial charge in [0.25, 0.3) is 0 Å². The number of rotatable bonds is 9. The number of carboxylic acids is 1. The van der Waals surface area contributed by atoms with Crippen molar-refractivity contribution < 1.29 is 80.8 Å². The minimum atomic E-state index is -7.86. The van der Waals surface area contributed by atoms with Crippen molar-refractivity contribution in [2.45, 2.75) is 48.9 Å². The van der Waals surface area contributed by atoms with Gasteiger partial charge in [-0.25, -0.2) is 9.53 Å². The van der Waals surface area contributed by atoms with Crippen molar-refractivity contribution in [2.24, 2.45) is 0 Å². The van der Waals surface area contributed by atoms with Crippen LogP contribution in [0.2, 0.25) is 0 Å². The summed E-state index contributed by atoms with van der Waals surface area (Å²) in [5.41, 5.74) is 0. The van der Waals surface area contributed by atoms with Gasteiger partial charge in [0.05, 0.1) is 0 Å². The Labute approximate surface area is 144 Å². The van der Waals surface area contributed by atoms with Gasteiger partial charge in [0, 0.05) is 6.61 Å². The van der Waals surface area contributed by atoms with Gasteiger partial charge in [-0.3, -0.25) is 0 Å². The van der Waals surface area contributed by atoms with Crippen molar-refractivity contribution in [1.82, 2.24) is 0 Å². The van der Waals surface area contributed by atoms with Gasteiger partial charge in [0.15, 0.2) is 0 Å². The lowest BCUT2D eigenvalue weighted by atomic mass is 9.95. The number of aliphatic carboxylic acids is 1. The van der Waals surface area contributed by atoms with Crippen molar-refractivity contribution in [3.05, 3.63) is 0 Å². The molecular weight excluding hydrogens is 450 g/mol. The maximum Gasteiger partial charge on any atom is 0.460 e. The molecule has 0 spiro atoms. The molecular formula is C10H6F14O4. The molecule has 0 aliphatic heterocycles. The summed E-state index contributed by atoms with van der Waals surface area (Å²) in [5, 5.41) is 7.78. The fraction of sp³-hybridized carbons (Fsp3) is 0.900. The third-order valence-electron chi connectivity index (χ3n) is 2.77. The van der Waals surface area contributed by atoms with Crippen LogP contribution in [-0.4, -0.2) is 59.7 Å². The molecule has 0 radical (unpaired) electrons. The Morgan fingerprint density at radius 3 is 1.43 bits per heavy atom. The van der Waals surface area contributed by atoms with Crippen LogP contribution in [0, 0.1) is 0 Å². The van der Waals surface area contributed by atoms with Crippen LogP contribution in [0.5, 0.6) is 0 Å². The molecule has 1 N–H and O–H groups in total. The van der Waals surface area contributed by atoms with E-state index >= 15 is 0 Å². The highest BCUT2D eigenvalue weighted by atomic mass is 19.4. The summed E-state index contributed by atoms with van der Waals surface area (Å²) in [6.07, 6.45) is -21.3. The summed E-state index contributed by atoms with van der Waals surface area (Å²) >= 11 is 0. The maximum atomic E-state index is 14.0. The molecule has 28 heavy (non-hydrogen) atoms. The second-order valence-electron chi connectivity index (χ2n) is 4.69. The van der Waals surface area contributed by atoms with Crippen molar-refractivity contribution in [2.75, 3.05) is 6.61 Å². The quantitative estimate of drug-likeness (QED) is 0.522. The first kappa shape index (κ1) is 26.4. The van der Waals surface area contributed by atoms with Crippen LogP contribution in [-0.2, 0) is 14.3 Å². The lowest BCUT2D eigenvalue weighted by Gasteiger charge is -2.43. The number of hydrogen-bond donors (Lipinski definition) is 1. The topological polar surface area (TPSA) is 55.8 Å². The van der Waals surface area contributed by atoms with E-state index in [4.69, 9.17) is 5.11 Å². The molecule has 0 saturated heterocycles. The summed E-state index contributed by atoms with van der Waals surface area (Å²) in [6, 6.07) is 0. The van der Waals surface area contributed by atoms with Gasteiger partial charge in [-0.15, -0.1) is 0 Å². The fourth-order valence-corrected chi connectivity index (χ4v) is 1.41. The Bertz CT molecular complexity index is 585. The monoisotopic (exact) mass is 456 g/mol. The first-order valence-corrected chi connectivity index (χ1v) is 6.18. The Hall–Kier alpha value is -1.59. The predicted molar refractivity (Wildman–Crippen MR) is 55.0 cm³/mol. The van der Waals surface area contributed by atoms with E-state index < -0.39 is 54.6 Å². The highest BCUT2D eigenvalue weighted by Gasteiger charge is 2.91. The van der Waals surface area contributed by atoms with Crippen LogP contribution in [0.15, 0.2) is 0 Å². The van der Waals surface area contributed by atoms with Crippen LogP contribution in [0.4, 0.5) is 61.5 Å². The number of alkyl halides is 14. The minimum absolute atomic E-state index is 0.192. The summed E-state index contributed by atoms with van der Waals surface area (Å²) in [5.74, 6) is -34.4. The van der Waals surface area contributed by atoms with Gasteiger partial charge in [-0.1, -0.05) is 0 Å². The average Bonchev–Trinajstić information content (AvgIpc) is 2.44. The molecule has 0 saturated carbocycles. The average molecular weight is 456 g/mol. The molecule has 0 heterocycles. The Balaban J connectivity index is 6.64. The molecule has 0 rings (SSSR count). The summed E-state index contributed by atoms with van der Waals surface area (Å²) < 4.78 is 186. The van der Waals surface area contributed by atoms with Crippen molar-refractivity contribution in [3.8, 4) is 0 Å². The van der Waals surface area contributed by atoms with Crippen LogP contribution in [0.1, 0.15) is 6.92 Å². The number of halogens is 14. The standard InChI is InChI=1S/C10H6F14O4/c1-2-27-8(19,5(13,14)6(15,16)9(20,21)22)7(17,18)10(23,24)28-4(11,12)3(25)26/h2H2,1H3,(H,25,26). The molecule has 0 aromatic carbocycles. The van der Waals surface area contributed by atoms with E-state index in [1.807, 2.05) is 0 Å². The molecule has 0 aliphatic carbocycles. The van der Waals surface area contributed by atoms with E-state index in [9.17, 15) is 66.3 Å². The third kappa shape index (κ3) is 3.79. The molecule has 0 amide bonds. The zero-order chi connectivity index (χ0) is 23.2. The van der Waals surface area contributed by atoms with E-state index in [2.05, 4.69) is 4.74 Å². The van der Waals surface area contributed by atoms with Crippen molar-refractivity contribution >= 4 is 5.97 Å². The smallest absolute Gasteiger partial charge is 0.460 e. The first-order valence-electron chi connectivity index (χ1n) is 6.18. The van der Waals surface area contributed by atoms with Crippen LogP contribution >= 0.6 is 0 Å². The van der Waals surface area contributed by atoms with Gasteiger partial charge in [-0.05, 0) is 6.92 Å². The van der Waals surface area contributed by atoms with Crippen LogP contribution < -0.4 is 0 Å². The van der Waals surface area contributed by atoms with E-state index in [1.54, 1.807) is 4.74 Å². The van der Waals surface area contributed by atoms with Crippen molar-refractivity contribution in [3.63, 3.8) is 0 Å². The lowest BCUT2D eigenvalue weighted by molar-refractivity contribution is -0.504. The number of carboxylic acid groups (broad SMARTS) is 1. The van der Waals surface area contributed by atoms with E-state index in [0.29, 0.717) is 0 Å². The van der Waals surface area contributed by atoms with E-state index in [-0.39, 0.29) is 6.92 Å². The molecule has 0 fully saturated rings. The van der Waals surface area contributed by atoms with Gasteiger partial charge < -0.3 is 9.84 Å². The summed E-state index contributed by atoms with van der Waals surface area (Å²) in [6.45, 7) is -1.79. The first-order chi connectivity index (χ1) is 12.0. The highest BCUT2D eigenvalue weighted by Crippen LogP contribution is 2.60. The van der Waals surface area contributed by atoms with E-state index in [0.717, 1.165) is 0 Å². The normalized spacial score (nSPS) is 17.4. The molecule has 0 aliphatic rings. The molecule has 18 heteroatoms. The molecule has 4 nitrogen and oxygen atoms in total. The zero-order valence-corrected chi connectivity index (χ0v) is 12.7. The lowest BCUT2D eigenvalue weighted by Crippen LogP contribution is -2.73. The summed E-state index contributed by atoms with van der Waals surface area (Å²) in [4.78, 5) is 9.89. The Morgan fingerprint density at radius 2 is 1.14 bits per heavy atom. The minimum Gasteiger partial charge on any atom is -0.475 e. The molecule has 0 bridgehead atoms. The second-order valence-corrected chi connectivity index (χ2v) is 4.69. The fourth-order valence-electron chi connectivity index (χ4n) is 1.41. The molecule has 0 aromatic heterocycles. The molecule has 1 unspecified atom stereocenters. The second kappa shape index (κ2) is 7.03. The number of ether oxygens (including phenoxy) is 2. The van der Waals surface area contributed by atoms with Gasteiger partial charge >= 0.3 is 48.0 Å². The largest absolute Gasteiger partial charge is 0.475 e. The number of carbonyl (C=O) groups is 1. The zero-order valence-electron chi connectivity index (χ0n) is 12.7. The Kier molecular flexibility index (Phi) is 6.63. The van der Waals surface area contributed by atoms with E-state index in [1.165, 1.54) is 0 Å². The maximum absolute atomic E-state index is 14.0. The van der Waals surface area contributed by atoms with Crippen LogP contribution in [0.25, 0.3) is 0 Å². The molecule has 1 atom stereocenters. The van der Waals surface area contributed by atoms with Gasteiger partial charge in [0.1, 0.15) is 0 Å². The molecule has 168 valence electrons. The predicted octanol–water partition coefficient (Wildman–Crippen LogP) is 4.44. The Morgan fingerprint density at radius 1 is 0.750 bits per heavy atom. The summed E-state index contributed by atoms with van der Waals surface area (Å²) in [7, 11) is 0. The van der Waals surface area contributed by atoms with Gasteiger partial charge in [0.2, 0.25) is 0 Å². The van der Waals surface area contributed by atoms with Crippen molar-refractivity contribution in [1.29, 1.82) is 0 Å².